The molecule has 0 heterocycles. The monoisotopic (exact) mass is 256 g/mol. The Bertz CT molecular complexity index is 606. The maximum atomic E-state index is 5.82. The van der Waals surface area contributed by atoms with Crippen LogP contribution in [0.2, 0.25) is 0 Å². The molecule has 0 unspecified atom stereocenters. The maximum Gasteiger partial charge on any atom is 0.148 e. The van der Waals surface area contributed by atoms with Crippen LogP contribution in [0.5, 0.6) is 5.75 Å². The van der Waals surface area contributed by atoms with Gasteiger partial charge in [-0.1, -0.05) is 0 Å². The molecule has 0 aromatic heterocycles. The minimum atomic E-state index is 0.599. The molecule has 2 rings (SSSR count). The molecule has 98 valence electrons. The predicted octanol–water partition coefficient (Wildman–Crippen LogP) is 3.58. The minimum absolute atomic E-state index is 0.599. The zero-order valence-corrected chi connectivity index (χ0v) is 10.9. The zero-order chi connectivity index (χ0) is 13.8. The molecule has 0 aliphatic heterocycles. The molecule has 2 aromatic rings. The van der Waals surface area contributed by atoms with Crippen LogP contribution >= 0.6 is 0 Å². The molecule has 0 saturated heterocycles. The normalized spacial score (nSPS) is 10.8. The number of methoxy groups -OCH3 is 1. The number of nitrogens with zero attached hydrogens (tertiary/aromatic N) is 2. The molecule has 0 aliphatic carbocycles. The number of azo groups is 1. The molecule has 5 heteroatoms. The van der Waals surface area contributed by atoms with Crippen molar-refractivity contribution in [2.24, 2.45) is 10.2 Å². The van der Waals surface area contributed by atoms with E-state index in [1.165, 1.54) is 0 Å². The molecule has 0 radical (unpaired) electrons. The van der Waals surface area contributed by atoms with Crippen LogP contribution in [-0.2, 0) is 0 Å². The SMILES string of the molecule is COc1cc(N)c(C)cc1/N=N/c1ccc(N)cc1. The van der Waals surface area contributed by atoms with Crippen molar-refractivity contribution in [3.05, 3.63) is 42.0 Å². The first-order chi connectivity index (χ1) is 9.10. The fourth-order valence-electron chi connectivity index (χ4n) is 1.58. The standard InChI is InChI=1S/C14H16N4O/c1-9-7-13(14(19-2)8-12(9)16)18-17-11-5-3-10(15)4-6-11/h3-8H,15-16H2,1-2H3/b18-17+. The van der Waals surface area contributed by atoms with Crippen molar-refractivity contribution in [2.75, 3.05) is 18.6 Å². The average molecular weight is 256 g/mol. The molecule has 19 heavy (non-hydrogen) atoms. The zero-order valence-electron chi connectivity index (χ0n) is 10.9. The second-order valence-corrected chi connectivity index (χ2v) is 4.17. The summed E-state index contributed by atoms with van der Waals surface area (Å²) in [6, 6.07) is 10.7. The predicted molar refractivity (Wildman–Crippen MR) is 77.2 cm³/mol. The first-order valence-corrected chi connectivity index (χ1v) is 5.81. The summed E-state index contributed by atoms with van der Waals surface area (Å²) >= 11 is 0. The highest BCUT2D eigenvalue weighted by Crippen LogP contribution is 2.33. The molecule has 0 aliphatic rings. The van der Waals surface area contributed by atoms with Gasteiger partial charge < -0.3 is 16.2 Å². The van der Waals surface area contributed by atoms with E-state index in [2.05, 4.69) is 10.2 Å². The van der Waals surface area contributed by atoms with Crippen molar-refractivity contribution in [3.8, 4) is 5.75 Å². The van der Waals surface area contributed by atoms with E-state index in [0.29, 0.717) is 22.8 Å². The number of aryl methyl sites for hydroxylation is 1. The van der Waals surface area contributed by atoms with Crippen LogP contribution in [-0.4, -0.2) is 7.11 Å². The van der Waals surface area contributed by atoms with Gasteiger partial charge in [0.05, 0.1) is 12.8 Å². The third kappa shape index (κ3) is 3.01. The maximum absolute atomic E-state index is 5.82. The van der Waals surface area contributed by atoms with Crippen molar-refractivity contribution in [3.63, 3.8) is 0 Å². The number of nitrogens with two attached hydrogens (primary N) is 2. The Morgan fingerprint density at radius 3 is 2.32 bits per heavy atom. The Balaban J connectivity index is 2.32. The van der Waals surface area contributed by atoms with Gasteiger partial charge in [0, 0.05) is 17.4 Å². The lowest BCUT2D eigenvalue weighted by Crippen LogP contribution is -1.91. The van der Waals surface area contributed by atoms with Gasteiger partial charge in [0.1, 0.15) is 11.4 Å². The topological polar surface area (TPSA) is 86.0 Å². The Kier molecular flexibility index (Phi) is 3.66. The molecule has 0 bridgehead atoms. The number of rotatable bonds is 3. The third-order valence-corrected chi connectivity index (χ3v) is 2.73. The highest BCUT2D eigenvalue weighted by Gasteiger charge is 2.05. The van der Waals surface area contributed by atoms with Gasteiger partial charge in [0.2, 0.25) is 0 Å². The lowest BCUT2D eigenvalue weighted by Gasteiger charge is -2.07. The Morgan fingerprint density at radius 1 is 1.00 bits per heavy atom. The molecule has 0 amide bonds. The van der Waals surface area contributed by atoms with Crippen LogP contribution in [0.25, 0.3) is 0 Å². The lowest BCUT2D eigenvalue weighted by molar-refractivity contribution is 0.416. The molecule has 0 saturated carbocycles. The molecular formula is C14H16N4O. The summed E-state index contributed by atoms with van der Waals surface area (Å²) in [6.45, 7) is 1.91. The molecule has 5 nitrogen and oxygen atoms in total. The van der Waals surface area contributed by atoms with Crippen LogP contribution in [0.4, 0.5) is 22.7 Å². The largest absolute Gasteiger partial charge is 0.494 e. The highest BCUT2D eigenvalue weighted by molar-refractivity contribution is 5.63. The second kappa shape index (κ2) is 5.39. The van der Waals surface area contributed by atoms with E-state index < -0.39 is 0 Å². The minimum Gasteiger partial charge on any atom is -0.494 e. The van der Waals surface area contributed by atoms with Crippen LogP contribution < -0.4 is 16.2 Å². The van der Waals surface area contributed by atoms with Crippen molar-refractivity contribution in [1.82, 2.24) is 0 Å². The molecule has 2 aromatic carbocycles. The molecular weight excluding hydrogens is 240 g/mol. The Hall–Kier alpha value is -2.56. The quantitative estimate of drug-likeness (QED) is 0.650. The van der Waals surface area contributed by atoms with E-state index in [1.54, 1.807) is 37.4 Å². The van der Waals surface area contributed by atoms with E-state index in [-0.39, 0.29) is 0 Å². The van der Waals surface area contributed by atoms with Gasteiger partial charge >= 0.3 is 0 Å². The molecule has 4 N–H and O–H groups in total. The Labute approximate surface area is 111 Å². The summed E-state index contributed by atoms with van der Waals surface area (Å²) in [5, 5.41) is 8.33. The van der Waals surface area contributed by atoms with Crippen LogP contribution in [0.3, 0.4) is 0 Å². The number of ether oxygens (including phenoxy) is 1. The number of nitrogen functional groups attached to an aromatic ring is 2. The van der Waals surface area contributed by atoms with Gasteiger partial charge in [-0.25, -0.2) is 0 Å². The average Bonchev–Trinajstić information content (AvgIpc) is 2.41. The smallest absolute Gasteiger partial charge is 0.148 e. The van der Waals surface area contributed by atoms with Gasteiger partial charge in [0.15, 0.2) is 0 Å². The summed E-state index contributed by atoms with van der Waals surface area (Å²) < 4.78 is 5.23. The number of anilines is 2. The third-order valence-electron chi connectivity index (χ3n) is 2.73. The van der Waals surface area contributed by atoms with E-state index in [4.69, 9.17) is 16.2 Å². The second-order valence-electron chi connectivity index (χ2n) is 4.17. The molecule has 0 atom stereocenters. The van der Waals surface area contributed by atoms with Crippen molar-refractivity contribution >= 4 is 22.7 Å². The fourth-order valence-corrected chi connectivity index (χ4v) is 1.58. The van der Waals surface area contributed by atoms with E-state index >= 15 is 0 Å². The van der Waals surface area contributed by atoms with E-state index in [0.717, 1.165) is 11.3 Å². The first kappa shape index (κ1) is 12.9. The number of benzene rings is 2. The lowest BCUT2D eigenvalue weighted by atomic mass is 10.1. The summed E-state index contributed by atoms with van der Waals surface area (Å²) in [5.41, 5.74) is 15.1. The fraction of sp³-hybridized carbons (Fsp3) is 0.143. The Morgan fingerprint density at radius 2 is 1.68 bits per heavy atom. The van der Waals surface area contributed by atoms with E-state index in [1.807, 2.05) is 13.0 Å². The van der Waals surface area contributed by atoms with Gasteiger partial charge in [-0.15, -0.1) is 5.11 Å². The van der Waals surface area contributed by atoms with Crippen LogP contribution in [0.15, 0.2) is 46.6 Å². The van der Waals surface area contributed by atoms with Crippen LogP contribution in [0.1, 0.15) is 5.56 Å². The molecule has 0 fully saturated rings. The number of hydrogen-bond acceptors (Lipinski definition) is 5. The van der Waals surface area contributed by atoms with Crippen molar-refractivity contribution in [1.29, 1.82) is 0 Å². The van der Waals surface area contributed by atoms with Crippen molar-refractivity contribution in [2.45, 2.75) is 6.92 Å². The highest BCUT2D eigenvalue weighted by atomic mass is 16.5. The van der Waals surface area contributed by atoms with Gasteiger partial charge in [0.25, 0.3) is 0 Å². The van der Waals surface area contributed by atoms with Gasteiger partial charge in [-0.2, -0.15) is 5.11 Å². The van der Waals surface area contributed by atoms with Gasteiger partial charge in [-0.3, -0.25) is 0 Å². The molecule has 0 spiro atoms. The van der Waals surface area contributed by atoms with Crippen LogP contribution in [0, 0.1) is 6.92 Å². The summed E-state index contributed by atoms with van der Waals surface area (Å²) in [5.74, 6) is 0.599. The van der Waals surface area contributed by atoms with Gasteiger partial charge in [-0.05, 0) is 42.8 Å². The van der Waals surface area contributed by atoms with Crippen molar-refractivity contribution < 1.29 is 4.74 Å². The first-order valence-electron chi connectivity index (χ1n) is 5.81. The summed E-state index contributed by atoms with van der Waals surface area (Å²) in [4.78, 5) is 0. The number of hydrogen-bond donors (Lipinski definition) is 2. The summed E-state index contributed by atoms with van der Waals surface area (Å²) in [7, 11) is 1.58. The summed E-state index contributed by atoms with van der Waals surface area (Å²) in [6.07, 6.45) is 0. The van der Waals surface area contributed by atoms with E-state index in [9.17, 15) is 0 Å².